The van der Waals surface area contributed by atoms with Crippen molar-refractivity contribution in [2.75, 3.05) is 16.4 Å². The second kappa shape index (κ2) is 9.58. The summed E-state index contributed by atoms with van der Waals surface area (Å²) in [6.45, 7) is 8.23. The lowest BCUT2D eigenvalue weighted by molar-refractivity contribution is -0.114. The molecule has 2 aromatic carbocycles. The number of nitrogens with zero attached hydrogens (tertiary/aromatic N) is 3. The average molecular weight is 424 g/mol. The average Bonchev–Trinajstić information content (AvgIpc) is 3.12. The quantitative estimate of drug-likeness (QED) is 0.554. The molecule has 0 saturated carbocycles. The fraction of sp³-hybridized carbons (Fsp3) is 0.273. The van der Waals surface area contributed by atoms with Gasteiger partial charge in [0.1, 0.15) is 0 Å². The summed E-state index contributed by atoms with van der Waals surface area (Å²) in [6.07, 6.45) is 0. The van der Waals surface area contributed by atoms with E-state index >= 15 is 0 Å². The van der Waals surface area contributed by atoms with Gasteiger partial charge < -0.3 is 15.2 Å². The van der Waals surface area contributed by atoms with Crippen molar-refractivity contribution in [1.82, 2.24) is 14.8 Å². The third kappa shape index (κ3) is 5.27. The third-order valence-corrected chi connectivity index (χ3v) is 5.59. The molecular formula is C22H25N5O2S. The molecule has 3 rings (SSSR count). The summed E-state index contributed by atoms with van der Waals surface area (Å²) >= 11 is 1.35. The van der Waals surface area contributed by atoms with Crippen LogP contribution in [0.3, 0.4) is 0 Å². The maximum atomic E-state index is 12.4. The van der Waals surface area contributed by atoms with E-state index in [0.29, 0.717) is 11.7 Å². The highest BCUT2D eigenvalue weighted by molar-refractivity contribution is 7.99. The van der Waals surface area contributed by atoms with Crippen LogP contribution in [0.1, 0.15) is 25.0 Å². The lowest BCUT2D eigenvalue weighted by Gasteiger charge is -2.09. The van der Waals surface area contributed by atoms with Gasteiger partial charge in [-0.25, -0.2) is 0 Å². The van der Waals surface area contributed by atoms with Gasteiger partial charge in [-0.2, -0.15) is 0 Å². The second-order valence-corrected chi connectivity index (χ2v) is 7.89. The highest BCUT2D eigenvalue weighted by Crippen LogP contribution is 2.25. The Morgan fingerprint density at radius 2 is 1.67 bits per heavy atom. The zero-order chi connectivity index (χ0) is 21.7. The van der Waals surface area contributed by atoms with Crippen molar-refractivity contribution in [3.8, 4) is 11.4 Å². The molecule has 0 radical (unpaired) electrons. The summed E-state index contributed by atoms with van der Waals surface area (Å²) in [6, 6.07) is 13.3. The fourth-order valence-corrected chi connectivity index (χ4v) is 3.75. The largest absolute Gasteiger partial charge is 0.326 e. The SMILES string of the molecule is CCn1c(SCC(=O)Nc2ccc(C)c(C)c2)nnc1-c1ccc(NC(C)=O)cc1. The topological polar surface area (TPSA) is 88.9 Å². The van der Waals surface area contributed by atoms with Crippen molar-refractivity contribution in [2.45, 2.75) is 39.4 Å². The minimum absolute atomic E-state index is 0.0879. The molecule has 2 amide bonds. The van der Waals surface area contributed by atoms with Gasteiger partial charge in [-0.3, -0.25) is 9.59 Å². The molecule has 0 unspecified atom stereocenters. The van der Waals surface area contributed by atoms with Crippen LogP contribution >= 0.6 is 11.8 Å². The zero-order valence-corrected chi connectivity index (χ0v) is 18.3. The Morgan fingerprint density at radius 3 is 2.30 bits per heavy atom. The molecule has 156 valence electrons. The number of thioether (sulfide) groups is 1. The van der Waals surface area contributed by atoms with E-state index in [1.807, 2.05) is 67.8 Å². The van der Waals surface area contributed by atoms with Crippen molar-refractivity contribution >= 4 is 35.0 Å². The van der Waals surface area contributed by atoms with Crippen molar-refractivity contribution in [2.24, 2.45) is 0 Å². The molecule has 2 N–H and O–H groups in total. The molecule has 8 heteroatoms. The Hall–Kier alpha value is -3.13. The predicted octanol–water partition coefficient (Wildman–Crippen LogP) is 4.27. The first-order valence-electron chi connectivity index (χ1n) is 9.68. The zero-order valence-electron chi connectivity index (χ0n) is 17.5. The smallest absolute Gasteiger partial charge is 0.234 e. The van der Waals surface area contributed by atoms with Crippen molar-refractivity contribution in [3.63, 3.8) is 0 Å². The predicted molar refractivity (Wildman–Crippen MR) is 121 cm³/mol. The molecule has 30 heavy (non-hydrogen) atoms. The van der Waals surface area contributed by atoms with Gasteiger partial charge in [0.25, 0.3) is 0 Å². The van der Waals surface area contributed by atoms with Gasteiger partial charge in [0, 0.05) is 30.4 Å². The Labute approximate surface area is 180 Å². The van der Waals surface area contributed by atoms with Crippen LogP contribution in [-0.2, 0) is 16.1 Å². The summed E-state index contributed by atoms with van der Waals surface area (Å²) in [4.78, 5) is 23.5. The summed E-state index contributed by atoms with van der Waals surface area (Å²) in [5.41, 5.74) is 4.74. The lowest BCUT2D eigenvalue weighted by atomic mass is 10.1. The van der Waals surface area contributed by atoms with Crippen LogP contribution in [0.25, 0.3) is 11.4 Å². The van der Waals surface area contributed by atoms with Crippen LogP contribution in [0.4, 0.5) is 11.4 Å². The van der Waals surface area contributed by atoms with Gasteiger partial charge in [0.15, 0.2) is 11.0 Å². The van der Waals surface area contributed by atoms with Gasteiger partial charge in [0.05, 0.1) is 5.75 Å². The van der Waals surface area contributed by atoms with E-state index in [0.717, 1.165) is 28.3 Å². The van der Waals surface area contributed by atoms with Crippen LogP contribution in [0.2, 0.25) is 0 Å². The Morgan fingerprint density at radius 1 is 0.967 bits per heavy atom. The number of hydrogen-bond acceptors (Lipinski definition) is 5. The Kier molecular flexibility index (Phi) is 6.89. The van der Waals surface area contributed by atoms with Gasteiger partial charge in [-0.15, -0.1) is 10.2 Å². The standard InChI is InChI=1S/C22H25N5O2S/c1-5-27-21(17-7-10-18(11-8-17)23-16(4)28)25-26-22(27)30-13-20(29)24-19-9-6-14(2)15(3)12-19/h6-12H,5,13H2,1-4H3,(H,23,28)(H,24,29). The van der Waals surface area contributed by atoms with Crippen LogP contribution in [0.15, 0.2) is 47.6 Å². The third-order valence-electron chi connectivity index (χ3n) is 4.62. The molecule has 0 fully saturated rings. The maximum Gasteiger partial charge on any atom is 0.234 e. The van der Waals surface area contributed by atoms with E-state index in [2.05, 4.69) is 20.8 Å². The van der Waals surface area contributed by atoms with E-state index in [9.17, 15) is 9.59 Å². The fourth-order valence-electron chi connectivity index (χ4n) is 2.95. The number of benzene rings is 2. The molecule has 7 nitrogen and oxygen atoms in total. The van der Waals surface area contributed by atoms with Crippen LogP contribution in [0.5, 0.6) is 0 Å². The molecule has 0 spiro atoms. The lowest BCUT2D eigenvalue weighted by Crippen LogP contribution is -2.14. The van der Waals surface area contributed by atoms with Crippen molar-refractivity contribution < 1.29 is 9.59 Å². The number of amides is 2. The van der Waals surface area contributed by atoms with Crippen LogP contribution < -0.4 is 10.6 Å². The molecule has 0 bridgehead atoms. The molecule has 0 aliphatic carbocycles. The maximum absolute atomic E-state index is 12.4. The molecule has 1 heterocycles. The number of carbonyl (C=O) groups is 2. The van der Waals surface area contributed by atoms with Crippen molar-refractivity contribution in [3.05, 3.63) is 53.6 Å². The van der Waals surface area contributed by atoms with Gasteiger partial charge in [-0.05, 0) is 68.3 Å². The first-order valence-corrected chi connectivity index (χ1v) is 10.7. The summed E-state index contributed by atoms with van der Waals surface area (Å²) in [5.74, 6) is 0.767. The number of nitrogens with one attached hydrogen (secondary N) is 2. The molecular weight excluding hydrogens is 398 g/mol. The highest BCUT2D eigenvalue weighted by Gasteiger charge is 2.15. The normalized spacial score (nSPS) is 10.7. The molecule has 0 aliphatic heterocycles. The highest BCUT2D eigenvalue weighted by atomic mass is 32.2. The van der Waals surface area contributed by atoms with Gasteiger partial charge in [0.2, 0.25) is 11.8 Å². The molecule has 0 saturated heterocycles. The monoisotopic (exact) mass is 423 g/mol. The number of anilines is 2. The minimum atomic E-state index is -0.114. The number of hydrogen-bond donors (Lipinski definition) is 2. The minimum Gasteiger partial charge on any atom is -0.326 e. The van der Waals surface area contributed by atoms with Gasteiger partial charge in [-0.1, -0.05) is 17.8 Å². The summed E-state index contributed by atoms with van der Waals surface area (Å²) in [7, 11) is 0. The van der Waals surface area contributed by atoms with Crippen molar-refractivity contribution in [1.29, 1.82) is 0 Å². The van der Waals surface area contributed by atoms with E-state index in [-0.39, 0.29) is 17.6 Å². The summed E-state index contributed by atoms with van der Waals surface area (Å²) < 4.78 is 1.97. The molecule has 0 atom stereocenters. The van der Waals surface area contributed by atoms with E-state index in [4.69, 9.17) is 0 Å². The van der Waals surface area contributed by atoms with Gasteiger partial charge >= 0.3 is 0 Å². The Balaban J connectivity index is 1.67. The van der Waals surface area contributed by atoms with E-state index in [1.165, 1.54) is 24.2 Å². The molecule has 1 aromatic heterocycles. The van der Waals surface area contributed by atoms with E-state index < -0.39 is 0 Å². The number of carbonyl (C=O) groups excluding carboxylic acids is 2. The first kappa shape index (κ1) is 21.6. The molecule has 3 aromatic rings. The number of aryl methyl sites for hydroxylation is 2. The second-order valence-electron chi connectivity index (χ2n) is 6.94. The Bertz CT molecular complexity index is 1060. The molecule has 0 aliphatic rings. The number of aromatic nitrogens is 3. The van der Waals surface area contributed by atoms with Crippen LogP contribution in [0, 0.1) is 13.8 Å². The van der Waals surface area contributed by atoms with Crippen LogP contribution in [-0.4, -0.2) is 32.3 Å². The summed E-state index contributed by atoms with van der Waals surface area (Å²) in [5, 5.41) is 14.9. The number of rotatable bonds is 7. The first-order chi connectivity index (χ1) is 14.4. The van der Waals surface area contributed by atoms with E-state index in [1.54, 1.807) is 0 Å².